The van der Waals surface area contributed by atoms with E-state index in [1.54, 1.807) is 0 Å². The molecule has 0 aromatic heterocycles. The van der Waals surface area contributed by atoms with Gasteiger partial charge in [-0.15, -0.1) is 0 Å². The van der Waals surface area contributed by atoms with E-state index in [1.165, 1.54) is 0 Å². The van der Waals surface area contributed by atoms with E-state index in [2.05, 4.69) is 0 Å². The molecule has 1 aliphatic carbocycles. The smallest absolute Gasteiger partial charge is 0.0717 e. The molecule has 0 aliphatic heterocycles. The van der Waals surface area contributed by atoms with Crippen LogP contribution in [0.15, 0.2) is 0 Å². The van der Waals surface area contributed by atoms with Gasteiger partial charge in [0.1, 0.15) is 0 Å². The average Bonchev–Trinajstić information content (AvgIpc) is 1.82. The maximum atomic E-state index is 9.38. The molecule has 3 nitrogen and oxygen atoms in total. The van der Waals surface area contributed by atoms with Crippen LogP contribution in [0.4, 0.5) is 0 Å². The molecular formula is C7H16N2O. The van der Waals surface area contributed by atoms with Crippen molar-refractivity contribution in [3.8, 4) is 0 Å². The lowest BCUT2D eigenvalue weighted by Crippen LogP contribution is -2.49. The monoisotopic (exact) mass is 144 g/mol. The largest absolute Gasteiger partial charge is 0.391 e. The molecule has 0 radical (unpaired) electrons. The summed E-state index contributed by atoms with van der Waals surface area (Å²) in [5, 5.41) is 9.38. The molecule has 10 heavy (non-hydrogen) atoms. The van der Waals surface area contributed by atoms with Gasteiger partial charge in [-0.2, -0.15) is 0 Å². The molecule has 0 saturated heterocycles. The minimum Gasteiger partial charge on any atom is -0.391 e. The normalized spacial score (nSPS) is 49.2. The summed E-state index contributed by atoms with van der Waals surface area (Å²) >= 11 is 0. The Morgan fingerprint density at radius 2 is 1.90 bits per heavy atom. The Balaban J connectivity index is 2.49. The third kappa shape index (κ3) is 1.48. The van der Waals surface area contributed by atoms with E-state index < -0.39 is 0 Å². The van der Waals surface area contributed by atoms with Gasteiger partial charge in [0.15, 0.2) is 0 Å². The topological polar surface area (TPSA) is 72.3 Å². The minimum absolute atomic E-state index is 0.112. The van der Waals surface area contributed by atoms with E-state index in [-0.39, 0.29) is 24.1 Å². The van der Waals surface area contributed by atoms with Gasteiger partial charge in [0.05, 0.1) is 6.10 Å². The molecule has 60 valence electrons. The second-order valence-electron chi connectivity index (χ2n) is 3.36. The molecule has 1 aliphatic rings. The fourth-order valence-electron chi connectivity index (χ4n) is 1.62. The van der Waals surface area contributed by atoms with Gasteiger partial charge in [0.2, 0.25) is 0 Å². The van der Waals surface area contributed by atoms with E-state index in [1.807, 2.05) is 6.92 Å². The number of aliphatic hydroxyl groups is 1. The number of hydrogen-bond donors (Lipinski definition) is 3. The highest BCUT2D eigenvalue weighted by Gasteiger charge is 2.29. The van der Waals surface area contributed by atoms with Crippen molar-refractivity contribution in [1.82, 2.24) is 0 Å². The predicted octanol–water partition coefficient (Wildman–Crippen LogP) is -0.568. The first-order valence-corrected chi connectivity index (χ1v) is 3.80. The fraction of sp³-hybridized carbons (Fsp3) is 1.00. The van der Waals surface area contributed by atoms with E-state index >= 15 is 0 Å². The average molecular weight is 144 g/mol. The second kappa shape index (κ2) is 2.86. The molecule has 0 spiro atoms. The molecule has 0 heterocycles. The highest BCUT2D eigenvalue weighted by atomic mass is 16.3. The van der Waals surface area contributed by atoms with Gasteiger partial charge in [0, 0.05) is 12.1 Å². The van der Waals surface area contributed by atoms with Gasteiger partial charge in [-0.25, -0.2) is 0 Å². The molecule has 0 aromatic rings. The molecule has 0 amide bonds. The summed E-state index contributed by atoms with van der Waals surface area (Å²) in [7, 11) is 0. The SMILES string of the molecule is CC1CC(N)CC(N)C1O. The van der Waals surface area contributed by atoms with Crippen LogP contribution in [0.1, 0.15) is 19.8 Å². The summed E-state index contributed by atoms with van der Waals surface area (Å²) in [6.45, 7) is 1.99. The summed E-state index contributed by atoms with van der Waals surface area (Å²) in [5.41, 5.74) is 11.3. The molecule has 1 rings (SSSR count). The molecule has 5 N–H and O–H groups in total. The Kier molecular flexibility index (Phi) is 2.28. The maximum absolute atomic E-state index is 9.38. The molecule has 4 unspecified atom stereocenters. The number of aliphatic hydroxyl groups excluding tert-OH is 1. The minimum atomic E-state index is -0.347. The third-order valence-corrected chi connectivity index (χ3v) is 2.27. The van der Waals surface area contributed by atoms with E-state index in [0.717, 1.165) is 12.8 Å². The molecule has 1 saturated carbocycles. The Hall–Kier alpha value is -0.120. The molecule has 0 bridgehead atoms. The zero-order valence-corrected chi connectivity index (χ0v) is 6.33. The van der Waals surface area contributed by atoms with Crippen molar-refractivity contribution >= 4 is 0 Å². The number of nitrogens with two attached hydrogens (primary N) is 2. The Morgan fingerprint density at radius 1 is 1.30 bits per heavy atom. The summed E-state index contributed by atoms with van der Waals surface area (Å²) in [5.74, 6) is 0.263. The van der Waals surface area contributed by atoms with Crippen molar-refractivity contribution in [3.05, 3.63) is 0 Å². The zero-order chi connectivity index (χ0) is 7.72. The molecule has 3 heteroatoms. The van der Waals surface area contributed by atoms with E-state index in [0.29, 0.717) is 0 Å². The zero-order valence-electron chi connectivity index (χ0n) is 6.33. The number of rotatable bonds is 0. The summed E-state index contributed by atoms with van der Waals surface area (Å²) in [4.78, 5) is 0. The Bertz CT molecular complexity index is 106. The predicted molar refractivity (Wildman–Crippen MR) is 40.4 cm³/mol. The van der Waals surface area contributed by atoms with Gasteiger partial charge in [-0.1, -0.05) is 6.92 Å². The van der Waals surface area contributed by atoms with E-state index in [4.69, 9.17) is 11.5 Å². The van der Waals surface area contributed by atoms with Crippen LogP contribution in [-0.2, 0) is 0 Å². The van der Waals surface area contributed by atoms with Crippen molar-refractivity contribution in [3.63, 3.8) is 0 Å². The molecule has 4 atom stereocenters. The highest BCUT2D eigenvalue weighted by Crippen LogP contribution is 2.21. The van der Waals surface area contributed by atoms with Gasteiger partial charge >= 0.3 is 0 Å². The highest BCUT2D eigenvalue weighted by molar-refractivity contribution is 4.87. The summed E-state index contributed by atoms with van der Waals surface area (Å²) in [6.07, 6.45) is 1.31. The van der Waals surface area contributed by atoms with Crippen LogP contribution in [0, 0.1) is 5.92 Å². The van der Waals surface area contributed by atoms with Crippen LogP contribution in [0.2, 0.25) is 0 Å². The van der Waals surface area contributed by atoms with Crippen LogP contribution in [0.25, 0.3) is 0 Å². The maximum Gasteiger partial charge on any atom is 0.0717 e. The lowest BCUT2D eigenvalue weighted by atomic mass is 9.82. The summed E-state index contributed by atoms with van der Waals surface area (Å²) < 4.78 is 0. The van der Waals surface area contributed by atoms with Gasteiger partial charge in [0.25, 0.3) is 0 Å². The first kappa shape index (κ1) is 7.98. The number of hydrogen-bond acceptors (Lipinski definition) is 3. The van der Waals surface area contributed by atoms with Gasteiger partial charge < -0.3 is 16.6 Å². The summed E-state index contributed by atoms with van der Waals surface area (Å²) in [6, 6.07) is 0.0761. The van der Waals surface area contributed by atoms with Crippen molar-refractivity contribution in [1.29, 1.82) is 0 Å². The first-order chi connectivity index (χ1) is 4.61. The van der Waals surface area contributed by atoms with Crippen molar-refractivity contribution < 1.29 is 5.11 Å². The fourth-order valence-corrected chi connectivity index (χ4v) is 1.62. The van der Waals surface area contributed by atoms with Crippen LogP contribution >= 0.6 is 0 Å². The van der Waals surface area contributed by atoms with Crippen molar-refractivity contribution in [2.75, 3.05) is 0 Å². The van der Waals surface area contributed by atoms with Crippen molar-refractivity contribution in [2.24, 2.45) is 17.4 Å². The standard InChI is InChI=1S/C7H16N2O/c1-4-2-5(8)3-6(9)7(4)10/h4-7,10H,2-3,8-9H2,1H3. The van der Waals surface area contributed by atoms with Crippen LogP contribution in [-0.4, -0.2) is 23.3 Å². The van der Waals surface area contributed by atoms with Gasteiger partial charge in [-0.3, -0.25) is 0 Å². The molecular weight excluding hydrogens is 128 g/mol. The molecule has 0 aromatic carbocycles. The van der Waals surface area contributed by atoms with E-state index in [9.17, 15) is 5.11 Å². The Morgan fingerprint density at radius 3 is 2.40 bits per heavy atom. The Labute approximate surface area is 61.4 Å². The first-order valence-electron chi connectivity index (χ1n) is 3.80. The van der Waals surface area contributed by atoms with Crippen LogP contribution in [0.3, 0.4) is 0 Å². The van der Waals surface area contributed by atoms with Crippen LogP contribution < -0.4 is 11.5 Å². The third-order valence-electron chi connectivity index (χ3n) is 2.27. The molecule has 1 fully saturated rings. The van der Waals surface area contributed by atoms with Crippen molar-refractivity contribution in [2.45, 2.75) is 38.0 Å². The lowest BCUT2D eigenvalue weighted by molar-refractivity contribution is 0.0530. The quantitative estimate of drug-likeness (QED) is 0.426. The second-order valence-corrected chi connectivity index (χ2v) is 3.36. The lowest BCUT2D eigenvalue weighted by Gasteiger charge is -2.33. The van der Waals surface area contributed by atoms with Gasteiger partial charge in [-0.05, 0) is 18.8 Å². The van der Waals surface area contributed by atoms with Crippen LogP contribution in [0.5, 0.6) is 0 Å².